The lowest BCUT2D eigenvalue weighted by molar-refractivity contribution is 0.494. The fraction of sp³-hybridized carbons (Fsp3) is 0.250. The number of rotatable bonds is 4. The lowest BCUT2D eigenvalue weighted by atomic mass is 10.0. The Morgan fingerprint density at radius 1 is 0.789 bits per heavy atom. The molecule has 0 heterocycles. The molecule has 0 spiro atoms. The van der Waals surface area contributed by atoms with E-state index in [4.69, 9.17) is 0 Å². The van der Waals surface area contributed by atoms with Crippen LogP contribution in [0.15, 0.2) is 57.5 Å². The van der Waals surface area contributed by atoms with Crippen molar-refractivity contribution in [1.29, 1.82) is 0 Å². The Bertz CT molecular complexity index is 537. The minimum absolute atomic E-state index is 0.316. The smallest absolute Gasteiger partial charge is 0.0297 e. The van der Waals surface area contributed by atoms with Gasteiger partial charge in [0.1, 0.15) is 0 Å². The third-order valence-electron chi connectivity index (χ3n) is 3.22. The Morgan fingerprint density at radius 3 is 2.05 bits per heavy atom. The molecule has 0 amide bonds. The third kappa shape index (κ3) is 4.16. The first kappa shape index (κ1) is 14.8. The quantitative estimate of drug-likeness (QED) is 0.723. The number of nitrogens with one attached hydrogen (secondary N) is 1. The predicted octanol–water partition coefficient (Wildman–Crippen LogP) is 5.62. The van der Waals surface area contributed by atoms with Gasteiger partial charge >= 0.3 is 0 Å². The summed E-state index contributed by atoms with van der Waals surface area (Å²) in [4.78, 5) is 0. The molecular weight excluding hydrogens is 366 g/mol. The highest BCUT2D eigenvalue weighted by molar-refractivity contribution is 9.10. The molecule has 0 aromatic heterocycles. The van der Waals surface area contributed by atoms with Crippen molar-refractivity contribution in [3.05, 3.63) is 68.6 Å². The molecule has 0 aliphatic carbocycles. The molecule has 0 bridgehead atoms. The maximum absolute atomic E-state index is 3.62. The summed E-state index contributed by atoms with van der Waals surface area (Å²) < 4.78 is 2.23. The third-order valence-corrected chi connectivity index (χ3v) is 4.24. The van der Waals surface area contributed by atoms with E-state index in [0.29, 0.717) is 12.1 Å². The maximum Gasteiger partial charge on any atom is 0.0297 e. The minimum atomic E-state index is 0.316. The molecule has 2 aromatic rings. The topological polar surface area (TPSA) is 12.0 Å². The highest BCUT2D eigenvalue weighted by Gasteiger charge is 2.11. The Kier molecular flexibility index (Phi) is 5.20. The van der Waals surface area contributed by atoms with Crippen molar-refractivity contribution in [2.24, 2.45) is 0 Å². The molecule has 0 radical (unpaired) electrons. The molecule has 1 unspecified atom stereocenters. The molecule has 0 aliphatic rings. The van der Waals surface area contributed by atoms with Crippen molar-refractivity contribution >= 4 is 31.9 Å². The van der Waals surface area contributed by atoms with Crippen LogP contribution in [0.3, 0.4) is 0 Å². The number of hydrogen-bond acceptors (Lipinski definition) is 1. The van der Waals surface area contributed by atoms with Gasteiger partial charge in [0.2, 0.25) is 0 Å². The fourth-order valence-corrected chi connectivity index (χ4v) is 2.78. The van der Waals surface area contributed by atoms with E-state index in [1.807, 2.05) is 6.07 Å². The van der Waals surface area contributed by atoms with Crippen LogP contribution in [-0.2, 0) is 0 Å². The molecule has 0 saturated heterocycles. The molecule has 0 aliphatic heterocycles. The zero-order valence-electron chi connectivity index (χ0n) is 11.0. The number of benzene rings is 2. The van der Waals surface area contributed by atoms with Gasteiger partial charge in [0.05, 0.1) is 0 Å². The van der Waals surface area contributed by atoms with Crippen LogP contribution in [0.25, 0.3) is 0 Å². The van der Waals surface area contributed by atoms with Crippen LogP contribution in [-0.4, -0.2) is 0 Å². The molecule has 0 fully saturated rings. The molecule has 2 rings (SSSR count). The zero-order valence-corrected chi connectivity index (χ0v) is 14.2. The number of hydrogen-bond donors (Lipinski definition) is 1. The van der Waals surface area contributed by atoms with Crippen LogP contribution in [0.1, 0.15) is 37.1 Å². The summed E-state index contributed by atoms with van der Waals surface area (Å²) in [5.74, 6) is 0. The van der Waals surface area contributed by atoms with E-state index < -0.39 is 0 Å². The first-order valence-electron chi connectivity index (χ1n) is 6.33. The summed E-state index contributed by atoms with van der Waals surface area (Å²) in [6, 6.07) is 17.5. The Morgan fingerprint density at radius 2 is 1.42 bits per heavy atom. The molecule has 1 N–H and O–H groups in total. The first-order valence-corrected chi connectivity index (χ1v) is 7.92. The molecule has 19 heavy (non-hydrogen) atoms. The van der Waals surface area contributed by atoms with E-state index in [9.17, 15) is 0 Å². The predicted molar refractivity (Wildman–Crippen MR) is 88.2 cm³/mol. The molecule has 2 atom stereocenters. The van der Waals surface area contributed by atoms with E-state index in [2.05, 4.69) is 93.5 Å². The van der Waals surface area contributed by atoms with Gasteiger partial charge in [0.15, 0.2) is 0 Å². The molecule has 3 heteroatoms. The van der Waals surface area contributed by atoms with Gasteiger partial charge < -0.3 is 5.32 Å². The average molecular weight is 383 g/mol. The van der Waals surface area contributed by atoms with Crippen LogP contribution in [0.4, 0.5) is 0 Å². The lowest BCUT2D eigenvalue weighted by Crippen LogP contribution is -2.22. The molecule has 100 valence electrons. The van der Waals surface area contributed by atoms with Crippen LogP contribution in [0, 0.1) is 0 Å². The second kappa shape index (κ2) is 6.69. The minimum Gasteiger partial charge on any atom is -0.304 e. The summed E-state index contributed by atoms with van der Waals surface area (Å²) in [6.07, 6.45) is 0. The van der Waals surface area contributed by atoms with Crippen LogP contribution in [0.5, 0.6) is 0 Å². The van der Waals surface area contributed by atoms with E-state index in [1.165, 1.54) is 11.1 Å². The molecular formula is C16H17Br2N. The fourth-order valence-electron chi connectivity index (χ4n) is 2.09. The molecule has 2 aromatic carbocycles. The molecule has 1 nitrogen and oxygen atoms in total. The van der Waals surface area contributed by atoms with Crippen molar-refractivity contribution in [2.75, 3.05) is 0 Å². The van der Waals surface area contributed by atoms with Gasteiger partial charge in [-0.1, -0.05) is 56.1 Å². The van der Waals surface area contributed by atoms with Gasteiger partial charge in [0.25, 0.3) is 0 Å². The van der Waals surface area contributed by atoms with Gasteiger partial charge in [0, 0.05) is 21.0 Å². The molecule has 0 saturated carbocycles. The van der Waals surface area contributed by atoms with E-state index in [0.717, 1.165) is 8.95 Å². The van der Waals surface area contributed by atoms with Crippen molar-refractivity contribution in [3.8, 4) is 0 Å². The zero-order chi connectivity index (χ0) is 13.8. The Labute approximate surface area is 131 Å². The van der Waals surface area contributed by atoms with Crippen molar-refractivity contribution in [1.82, 2.24) is 5.32 Å². The van der Waals surface area contributed by atoms with Gasteiger partial charge in [-0.3, -0.25) is 0 Å². The summed E-state index contributed by atoms with van der Waals surface area (Å²) in [6.45, 7) is 4.38. The second-order valence-electron chi connectivity index (χ2n) is 4.72. The van der Waals surface area contributed by atoms with Crippen molar-refractivity contribution < 1.29 is 0 Å². The van der Waals surface area contributed by atoms with E-state index in [-0.39, 0.29) is 0 Å². The highest BCUT2D eigenvalue weighted by Crippen LogP contribution is 2.22. The van der Waals surface area contributed by atoms with Gasteiger partial charge in [-0.05, 0) is 49.2 Å². The van der Waals surface area contributed by atoms with E-state index in [1.54, 1.807) is 0 Å². The normalized spacial score (nSPS) is 14.1. The van der Waals surface area contributed by atoms with Crippen molar-refractivity contribution in [2.45, 2.75) is 25.9 Å². The summed E-state index contributed by atoms with van der Waals surface area (Å²) in [5, 5.41) is 3.62. The van der Waals surface area contributed by atoms with Crippen molar-refractivity contribution in [3.63, 3.8) is 0 Å². The summed E-state index contributed by atoms with van der Waals surface area (Å²) in [7, 11) is 0. The lowest BCUT2D eigenvalue weighted by Gasteiger charge is -2.21. The van der Waals surface area contributed by atoms with Gasteiger partial charge in [-0.15, -0.1) is 0 Å². The highest BCUT2D eigenvalue weighted by atomic mass is 79.9. The standard InChI is InChI=1S/C16H17Br2N/c1-11(13-6-8-15(17)9-7-13)19-12(2)14-4-3-5-16(18)10-14/h3-12,19H,1-2H3/t11-,12?/m0/s1. The van der Waals surface area contributed by atoms with Crippen LogP contribution < -0.4 is 5.32 Å². The van der Waals surface area contributed by atoms with Crippen LogP contribution >= 0.6 is 31.9 Å². The Hall–Kier alpha value is -0.640. The summed E-state index contributed by atoms with van der Waals surface area (Å²) >= 11 is 6.98. The van der Waals surface area contributed by atoms with E-state index >= 15 is 0 Å². The number of halogens is 2. The van der Waals surface area contributed by atoms with Gasteiger partial charge in [-0.25, -0.2) is 0 Å². The monoisotopic (exact) mass is 381 g/mol. The average Bonchev–Trinajstić information content (AvgIpc) is 2.39. The SMILES string of the molecule is CC(N[C@@H](C)c1ccc(Br)cc1)c1cccc(Br)c1. The van der Waals surface area contributed by atoms with Gasteiger partial charge in [-0.2, -0.15) is 0 Å². The second-order valence-corrected chi connectivity index (χ2v) is 6.55. The summed E-state index contributed by atoms with van der Waals surface area (Å²) in [5.41, 5.74) is 2.59. The van der Waals surface area contributed by atoms with Crippen LogP contribution in [0.2, 0.25) is 0 Å². The maximum atomic E-state index is 3.62. The largest absolute Gasteiger partial charge is 0.304 e. The first-order chi connectivity index (χ1) is 9.06. The Balaban J connectivity index is 2.06.